The molecule has 4 rings (SSSR count). The van der Waals surface area contributed by atoms with Gasteiger partial charge < -0.3 is 14.9 Å². The summed E-state index contributed by atoms with van der Waals surface area (Å²) in [5, 5.41) is 23.5. The number of hydrogen-bond donors (Lipinski definition) is 2. The Morgan fingerprint density at radius 2 is 1.60 bits per heavy atom. The molecule has 43 heavy (non-hydrogen) atoms. The fourth-order valence-corrected chi connectivity index (χ4v) is 9.40. The average Bonchev–Trinajstić information content (AvgIpc) is 3.17. The number of ketones is 2. The Morgan fingerprint density at radius 1 is 1.00 bits per heavy atom. The van der Waals surface area contributed by atoms with E-state index in [-0.39, 0.29) is 24.5 Å². The summed E-state index contributed by atoms with van der Waals surface area (Å²) in [5.74, 6) is -2.60. The third kappa shape index (κ3) is 6.06. The van der Waals surface area contributed by atoms with E-state index >= 15 is 4.39 Å². The van der Waals surface area contributed by atoms with Crippen LogP contribution in [0.1, 0.15) is 130 Å². The number of alkyl halides is 1. The maximum absolute atomic E-state index is 17.3. The Balaban J connectivity index is 1.30. The number of carbonyl (C=O) groups is 3. The lowest BCUT2D eigenvalue weighted by atomic mass is 9.44. The third-order valence-corrected chi connectivity index (χ3v) is 12.0. The third-order valence-electron chi connectivity index (χ3n) is 12.0. The summed E-state index contributed by atoms with van der Waals surface area (Å²) in [4.78, 5) is 38.1. The number of ether oxygens (including phenoxy) is 1. The molecule has 0 aromatic heterocycles. The molecule has 7 heteroatoms. The van der Waals surface area contributed by atoms with Crippen molar-refractivity contribution < 1.29 is 33.7 Å². The van der Waals surface area contributed by atoms with Crippen molar-refractivity contribution in [3.05, 3.63) is 23.8 Å². The van der Waals surface area contributed by atoms with Gasteiger partial charge in [-0.2, -0.15) is 0 Å². The highest BCUT2D eigenvalue weighted by Crippen LogP contribution is 2.70. The van der Waals surface area contributed by atoms with E-state index in [1.807, 2.05) is 0 Å². The molecular weight excluding hydrogens is 547 g/mol. The van der Waals surface area contributed by atoms with E-state index in [2.05, 4.69) is 6.92 Å². The topological polar surface area (TPSA) is 101 Å². The molecule has 0 radical (unpaired) electrons. The predicted octanol–water partition coefficient (Wildman–Crippen LogP) is 7.15. The summed E-state index contributed by atoms with van der Waals surface area (Å²) >= 11 is 0. The van der Waals surface area contributed by atoms with Gasteiger partial charge in [0.15, 0.2) is 18.1 Å². The molecule has 6 nitrogen and oxygen atoms in total. The molecule has 0 aromatic rings. The summed E-state index contributed by atoms with van der Waals surface area (Å²) in [5.41, 5.74) is -5.36. The first kappa shape index (κ1) is 34.0. The molecule has 3 fully saturated rings. The molecule has 0 bridgehead atoms. The van der Waals surface area contributed by atoms with Crippen molar-refractivity contribution in [1.29, 1.82) is 0 Å². The predicted molar refractivity (Wildman–Crippen MR) is 165 cm³/mol. The molecule has 0 aliphatic heterocycles. The summed E-state index contributed by atoms with van der Waals surface area (Å²) in [6.07, 6.45) is 17.6. The van der Waals surface area contributed by atoms with Gasteiger partial charge in [-0.05, 0) is 63.0 Å². The van der Waals surface area contributed by atoms with Gasteiger partial charge >= 0.3 is 5.97 Å². The van der Waals surface area contributed by atoms with Gasteiger partial charge in [-0.3, -0.25) is 14.4 Å². The minimum Gasteiger partial charge on any atom is -0.458 e. The summed E-state index contributed by atoms with van der Waals surface area (Å²) in [6.45, 7) is 7.06. The highest BCUT2D eigenvalue weighted by molar-refractivity contribution is 6.01. The maximum atomic E-state index is 17.3. The van der Waals surface area contributed by atoms with Gasteiger partial charge in [0.2, 0.25) is 5.78 Å². The largest absolute Gasteiger partial charge is 0.458 e. The Morgan fingerprint density at radius 3 is 2.23 bits per heavy atom. The van der Waals surface area contributed by atoms with Crippen LogP contribution < -0.4 is 0 Å². The van der Waals surface area contributed by atoms with Crippen LogP contribution in [0.3, 0.4) is 0 Å². The molecule has 0 aromatic carbocycles. The molecule has 2 N–H and O–H groups in total. The summed E-state index contributed by atoms with van der Waals surface area (Å²) in [6, 6.07) is 0. The van der Waals surface area contributed by atoms with Crippen LogP contribution in [-0.4, -0.2) is 51.7 Å². The van der Waals surface area contributed by atoms with E-state index in [4.69, 9.17) is 4.74 Å². The number of rotatable bonds is 15. The number of allylic oxidation sites excluding steroid dienone is 4. The molecule has 3 saturated carbocycles. The Labute approximate surface area is 257 Å². The second-order valence-corrected chi connectivity index (χ2v) is 14.5. The monoisotopic (exact) mass is 602 g/mol. The summed E-state index contributed by atoms with van der Waals surface area (Å²) < 4.78 is 22.7. The van der Waals surface area contributed by atoms with Crippen molar-refractivity contribution in [1.82, 2.24) is 0 Å². The normalized spacial score (nSPS) is 38.2. The summed E-state index contributed by atoms with van der Waals surface area (Å²) in [7, 11) is 0. The highest BCUT2D eigenvalue weighted by atomic mass is 19.1. The number of aliphatic hydroxyl groups excluding tert-OH is 1. The zero-order valence-corrected chi connectivity index (χ0v) is 27.0. The first-order valence-electron chi connectivity index (χ1n) is 17.1. The van der Waals surface area contributed by atoms with Gasteiger partial charge in [0, 0.05) is 23.2 Å². The van der Waals surface area contributed by atoms with E-state index in [0.29, 0.717) is 31.3 Å². The van der Waals surface area contributed by atoms with Crippen LogP contribution in [0.4, 0.5) is 4.39 Å². The standard InChI is InChI=1S/C36H55FO6/c1-5-6-7-8-9-10-11-12-13-14-15-16-32(41)43-24-31(40)36(42)25(2)21-29-28-18-17-26-22-27(38)19-20-33(26,3)35(28,37)30(39)23-34(29,36)4/h19-20,22,25,28-30,39,42H,5-18,21,23-24H2,1-4H3/t25-,28+,29+,30+,33+,34+,35+,36+/m1/s1. The van der Waals surface area contributed by atoms with Crippen LogP contribution in [0.15, 0.2) is 23.8 Å². The quantitative estimate of drug-likeness (QED) is 0.153. The fourth-order valence-electron chi connectivity index (χ4n) is 9.40. The smallest absolute Gasteiger partial charge is 0.306 e. The highest BCUT2D eigenvalue weighted by Gasteiger charge is 2.75. The lowest BCUT2D eigenvalue weighted by Crippen LogP contribution is -2.69. The van der Waals surface area contributed by atoms with Crippen molar-refractivity contribution in [2.24, 2.45) is 28.6 Å². The van der Waals surface area contributed by atoms with Crippen LogP contribution in [-0.2, 0) is 19.1 Å². The Hall–Kier alpha value is -1.86. The minimum absolute atomic E-state index is 0.0887. The van der Waals surface area contributed by atoms with Crippen LogP contribution in [0.2, 0.25) is 0 Å². The van der Waals surface area contributed by atoms with Crippen molar-refractivity contribution in [3.8, 4) is 0 Å². The molecule has 0 amide bonds. The van der Waals surface area contributed by atoms with Crippen LogP contribution in [0.25, 0.3) is 0 Å². The number of Topliss-reactive ketones (excluding diaryl/α,β-unsaturated/α-hetero) is 1. The van der Waals surface area contributed by atoms with Crippen molar-refractivity contribution in [3.63, 3.8) is 0 Å². The number of carbonyl (C=O) groups excluding carboxylic acids is 3. The lowest BCUT2D eigenvalue weighted by molar-refractivity contribution is -0.220. The van der Waals surface area contributed by atoms with E-state index in [9.17, 15) is 24.6 Å². The zero-order valence-electron chi connectivity index (χ0n) is 27.0. The second kappa shape index (κ2) is 13.6. The van der Waals surface area contributed by atoms with Gasteiger partial charge in [-0.15, -0.1) is 0 Å². The molecule has 8 atom stereocenters. The molecular formula is C36H55FO6. The van der Waals surface area contributed by atoms with Crippen molar-refractivity contribution in [2.45, 2.75) is 148 Å². The first-order chi connectivity index (χ1) is 20.4. The molecule has 0 spiro atoms. The lowest BCUT2D eigenvalue weighted by Gasteiger charge is -2.62. The van der Waals surface area contributed by atoms with Crippen LogP contribution in [0, 0.1) is 28.6 Å². The second-order valence-electron chi connectivity index (χ2n) is 14.5. The first-order valence-corrected chi connectivity index (χ1v) is 17.1. The zero-order chi connectivity index (χ0) is 31.5. The SMILES string of the molecule is CCCCCCCCCCCCCC(=O)OCC(=O)[C@@]1(O)[C@H](C)C[C@H]2[C@@H]3CCC4=CC(=O)C=C[C@]4(C)[C@@]3(F)[C@@H](O)C[C@@]21C. The maximum Gasteiger partial charge on any atom is 0.306 e. The van der Waals surface area contributed by atoms with Crippen molar-refractivity contribution >= 4 is 17.5 Å². The van der Waals surface area contributed by atoms with Gasteiger partial charge in [0.25, 0.3) is 0 Å². The average molecular weight is 603 g/mol. The minimum atomic E-state index is -2.02. The molecule has 0 heterocycles. The van der Waals surface area contributed by atoms with E-state index in [1.54, 1.807) is 26.8 Å². The Kier molecular flexibility index (Phi) is 10.8. The van der Waals surface area contributed by atoms with E-state index < -0.39 is 58.4 Å². The van der Waals surface area contributed by atoms with Gasteiger partial charge in [-0.25, -0.2) is 4.39 Å². The number of aliphatic hydroxyl groups is 2. The molecule has 4 aliphatic carbocycles. The molecule has 242 valence electrons. The van der Waals surface area contributed by atoms with Gasteiger partial charge in [0.1, 0.15) is 5.60 Å². The van der Waals surface area contributed by atoms with Crippen LogP contribution in [0.5, 0.6) is 0 Å². The van der Waals surface area contributed by atoms with Crippen molar-refractivity contribution in [2.75, 3.05) is 6.61 Å². The number of esters is 1. The van der Waals surface area contributed by atoms with E-state index in [0.717, 1.165) is 12.8 Å². The fraction of sp³-hybridized carbons (Fsp3) is 0.806. The number of hydrogen-bond acceptors (Lipinski definition) is 6. The molecule has 4 aliphatic rings. The van der Waals surface area contributed by atoms with Crippen LogP contribution >= 0.6 is 0 Å². The Bertz CT molecular complexity index is 1100. The molecule has 0 saturated heterocycles. The van der Waals surface area contributed by atoms with Gasteiger partial charge in [0.05, 0.1) is 6.10 Å². The molecule has 0 unspecified atom stereocenters. The number of halogens is 1. The number of unbranched alkanes of at least 4 members (excludes halogenated alkanes) is 10. The van der Waals surface area contributed by atoms with Gasteiger partial charge in [-0.1, -0.05) is 96.6 Å². The number of fused-ring (bicyclic) bond motifs is 5. The van der Waals surface area contributed by atoms with E-state index in [1.165, 1.54) is 63.5 Å².